The third-order valence-corrected chi connectivity index (χ3v) is 10.0. The number of carbonyl (C=O) groups excluding carboxylic acids is 1. The number of carbonyl (C=O) groups is 1. The molecule has 7 rings (SSSR count). The zero-order valence-electron chi connectivity index (χ0n) is 26.0. The Morgan fingerprint density at radius 2 is 1.91 bits per heavy atom. The van der Waals surface area contributed by atoms with E-state index in [0.717, 1.165) is 49.4 Å². The first-order chi connectivity index (χ1) is 21.8. The zero-order valence-corrected chi connectivity index (χ0v) is 26.0. The number of halogens is 1. The van der Waals surface area contributed by atoms with E-state index in [1.165, 1.54) is 46.4 Å². The Hall–Kier alpha value is -4.23. The maximum absolute atomic E-state index is 13.9. The van der Waals surface area contributed by atoms with Crippen LogP contribution < -0.4 is 14.5 Å². The van der Waals surface area contributed by atoms with Gasteiger partial charge in [-0.05, 0) is 62.7 Å². The predicted molar refractivity (Wildman–Crippen MR) is 173 cm³/mol. The van der Waals surface area contributed by atoms with Crippen molar-refractivity contribution < 1.29 is 13.9 Å². The predicted octanol–water partition coefficient (Wildman–Crippen LogP) is 4.79. The number of benzene rings is 2. The molecule has 9 nitrogen and oxygen atoms in total. The molecular formula is C35H40FN7O2. The highest BCUT2D eigenvalue weighted by Crippen LogP contribution is 2.47. The van der Waals surface area contributed by atoms with Crippen LogP contribution in [0.25, 0.3) is 15.6 Å². The number of anilines is 2. The molecule has 3 aromatic rings. The summed E-state index contributed by atoms with van der Waals surface area (Å²) in [4.78, 5) is 34.6. The van der Waals surface area contributed by atoms with Crippen molar-refractivity contribution in [2.45, 2.75) is 45.2 Å². The molecule has 4 heterocycles. The number of rotatable bonds is 9. The highest BCUT2D eigenvalue weighted by molar-refractivity contribution is 5.97. The van der Waals surface area contributed by atoms with Crippen molar-refractivity contribution in [1.29, 1.82) is 0 Å². The van der Waals surface area contributed by atoms with E-state index < -0.39 is 17.8 Å². The number of aromatic nitrogens is 2. The van der Waals surface area contributed by atoms with E-state index in [9.17, 15) is 9.18 Å². The quantitative estimate of drug-likeness (QED) is 0.255. The minimum atomic E-state index is -0.996. The van der Waals surface area contributed by atoms with Crippen molar-refractivity contribution in [2.75, 3.05) is 68.8 Å². The molecule has 0 bridgehead atoms. The summed E-state index contributed by atoms with van der Waals surface area (Å²) in [7, 11) is 0. The Bertz CT molecular complexity index is 1670. The molecule has 0 N–H and O–H groups in total. The maximum Gasteiger partial charge on any atom is 0.318 e. The molecule has 3 fully saturated rings. The zero-order chi connectivity index (χ0) is 31.1. The largest absolute Gasteiger partial charge is 0.463 e. The van der Waals surface area contributed by atoms with E-state index in [2.05, 4.69) is 69.4 Å². The third-order valence-electron chi connectivity index (χ3n) is 10.0. The van der Waals surface area contributed by atoms with Crippen LogP contribution >= 0.6 is 0 Å². The molecule has 0 radical (unpaired) electrons. The molecule has 4 aliphatic rings. The molecule has 45 heavy (non-hydrogen) atoms. The first-order valence-corrected chi connectivity index (χ1v) is 16.1. The van der Waals surface area contributed by atoms with Gasteiger partial charge in [-0.3, -0.25) is 4.79 Å². The van der Waals surface area contributed by atoms with Gasteiger partial charge in [0.15, 0.2) is 5.83 Å². The van der Waals surface area contributed by atoms with Gasteiger partial charge in [0.2, 0.25) is 6.54 Å². The summed E-state index contributed by atoms with van der Waals surface area (Å²) < 4.78 is 20.3. The molecule has 1 amide bonds. The SMILES string of the molecule is [C-]#[N+]CC1CN(c2nc(OCC3(CN4CCC4)CC3)nc3c2CCN(c2cccc4cccc(C)c24)C3)CCN1C(=O)C(=C)F. The lowest BCUT2D eigenvalue weighted by atomic mass is 9.99. The second-order valence-electron chi connectivity index (χ2n) is 13.1. The minimum absolute atomic E-state index is 0.0827. The van der Waals surface area contributed by atoms with Crippen molar-refractivity contribution in [1.82, 2.24) is 19.8 Å². The standard InChI is InChI=1S/C35H40FN7O2/c1-24-7-4-8-26-9-5-10-30(31(24)26)41-16-11-28-29(21-41)38-34(45-23-35(12-13-35)22-40-14-6-15-40)39-32(28)42-17-18-43(33(44)25(2)36)27(20-42)19-37-3/h4-5,7-10,27H,2,6,11-23H2,1H3. The smallest absolute Gasteiger partial charge is 0.318 e. The van der Waals surface area contributed by atoms with Crippen LogP contribution in [0.4, 0.5) is 15.9 Å². The van der Waals surface area contributed by atoms with Crippen LogP contribution in [-0.4, -0.2) is 90.7 Å². The fourth-order valence-electron chi connectivity index (χ4n) is 7.18. The number of aryl methyl sites for hydroxylation is 1. The molecule has 2 aromatic carbocycles. The normalized spacial score (nSPS) is 20.7. The van der Waals surface area contributed by atoms with Crippen LogP contribution in [-0.2, 0) is 17.8 Å². The number of hydrogen-bond acceptors (Lipinski definition) is 7. The van der Waals surface area contributed by atoms with Crippen molar-refractivity contribution in [3.05, 3.63) is 77.0 Å². The van der Waals surface area contributed by atoms with Crippen LogP contribution in [0.5, 0.6) is 6.01 Å². The van der Waals surface area contributed by atoms with Gasteiger partial charge in [0, 0.05) is 54.8 Å². The van der Waals surface area contributed by atoms with Gasteiger partial charge in [-0.25, -0.2) is 11.0 Å². The molecular weight excluding hydrogens is 569 g/mol. The van der Waals surface area contributed by atoms with E-state index in [1.54, 1.807) is 0 Å². The number of hydrogen-bond donors (Lipinski definition) is 0. The first-order valence-electron chi connectivity index (χ1n) is 16.1. The average Bonchev–Trinajstić information content (AvgIpc) is 3.80. The van der Waals surface area contributed by atoms with E-state index >= 15 is 0 Å². The lowest BCUT2D eigenvalue weighted by Crippen LogP contribution is -2.57. The number of piperazine rings is 1. The fraction of sp³-hybridized carbons (Fsp3) is 0.486. The van der Waals surface area contributed by atoms with Crippen LogP contribution in [0.3, 0.4) is 0 Å². The molecule has 1 aromatic heterocycles. The Morgan fingerprint density at radius 3 is 2.62 bits per heavy atom. The molecule has 1 aliphatic carbocycles. The number of amides is 1. The summed E-state index contributed by atoms with van der Waals surface area (Å²) in [6, 6.07) is 12.8. The summed E-state index contributed by atoms with van der Waals surface area (Å²) in [5, 5.41) is 2.48. The Kier molecular flexibility index (Phi) is 7.82. The van der Waals surface area contributed by atoms with E-state index in [0.29, 0.717) is 32.3 Å². The topological polar surface area (TPSA) is 69.4 Å². The first kappa shape index (κ1) is 29.5. The fourth-order valence-corrected chi connectivity index (χ4v) is 7.18. The van der Waals surface area contributed by atoms with Gasteiger partial charge < -0.3 is 29.2 Å². The van der Waals surface area contributed by atoms with Gasteiger partial charge >= 0.3 is 6.01 Å². The Labute approximate surface area is 264 Å². The van der Waals surface area contributed by atoms with Crippen LogP contribution in [0.15, 0.2) is 48.8 Å². The molecule has 1 saturated carbocycles. The van der Waals surface area contributed by atoms with E-state index in [-0.39, 0.29) is 18.5 Å². The van der Waals surface area contributed by atoms with Gasteiger partial charge in [-0.1, -0.05) is 36.9 Å². The lowest BCUT2D eigenvalue weighted by Gasteiger charge is -2.41. The van der Waals surface area contributed by atoms with Crippen LogP contribution in [0.2, 0.25) is 0 Å². The molecule has 1 atom stereocenters. The number of nitrogens with zero attached hydrogens (tertiary/aromatic N) is 7. The van der Waals surface area contributed by atoms with Crippen molar-refractivity contribution in [2.24, 2.45) is 5.41 Å². The van der Waals surface area contributed by atoms with Crippen LogP contribution in [0.1, 0.15) is 36.1 Å². The summed E-state index contributed by atoms with van der Waals surface area (Å²) in [6.07, 6.45) is 4.33. The van der Waals surface area contributed by atoms with E-state index in [4.69, 9.17) is 21.3 Å². The monoisotopic (exact) mass is 609 g/mol. The highest BCUT2D eigenvalue weighted by Gasteiger charge is 2.46. The minimum Gasteiger partial charge on any atom is -0.463 e. The van der Waals surface area contributed by atoms with Crippen molar-refractivity contribution in [3.63, 3.8) is 0 Å². The van der Waals surface area contributed by atoms with Crippen LogP contribution in [0, 0.1) is 18.9 Å². The van der Waals surface area contributed by atoms with E-state index in [1.807, 2.05) is 0 Å². The van der Waals surface area contributed by atoms with Crippen molar-refractivity contribution >= 4 is 28.2 Å². The molecule has 1 unspecified atom stereocenters. The van der Waals surface area contributed by atoms with Gasteiger partial charge in [0.1, 0.15) is 11.9 Å². The van der Waals surface area contributed by atoms with Crippen molar-refractivity contribution in [3.8, 4) is 6.01 Å². The third kappa shape index (κ3) is 5.82. The molecule has 234 valence electrons. The Balaban J connectivity index is 1.20. The molecule has 10 heteroatoms. The summed E-state index contributed by atoms with van der Waals surface area (Å²) in [5.74, 6) is -0.933. The van der Waals surface area contributed by atoms with Gasteiger partial charge in [0.05, 0.1) is 18.8 Å². The molecule has 3 aliphatic heterocycles. The Morgan fingerprint density at radius 1 is 1.11 bits per heavy atom. The number of ether oxygens (including phenoxy) is 1. The summed E-state index contributed by atoms with van der Waals surface area (Å²) in [6.45, 7) is 19.5. The second-order valence-corrected chi connectivity index (χ2v) is 13.1. The maximum atomic E-state index is 13.9. The summed E-state index contributed by atoms with van der Waals surface area (Å²) in [5.41, 5.74) is 4.63. The second kappa shape index (κ2) is 11.9. The average molecular weight is 610 g/mol. The highest BCUT2D eigenvalue weighted by atomic mass is 19.1. The number of likely N-dealkylation sites (tertiary alicyclic amines) is 1. The number of fused-ring (bicyclic) bond motifs is 2. The molecule has 0 spiro atoms. The van der Waals surface area contributed by atoms with Gasteiger partial charge in [-0.2, -0.15) is 9.97 Å². The van der Waals surface area contributed by atoms with Gasteiger partial charge in [-0.15, -0.1) is 0 Å². The molecule has 2 saturated heterocycles. The lowest BCUT2D eigenvalue weighted by molar-refractivity contribution is -0.131. The summed E-state index contributed by atoms with van der Waals surface area (Å²) >= 11 is 0. The van der Waals surface area contributed by atoms with Gasteiger partial charge in [0.25, 0.3) is 5.91 Å².